The second kappa shape index (κ2) is 6.47. The summed E-state index contributed by atoms with van der Waals surface area (Å²) in [5.41, 5.74) is -0.488. The zero-order valence-corrected chi connectivity index (χ0v) is 15.8. The van der Waals surface area contributed by atoms with E-state index in [9.17, 15) is 9.59 Å². The van der Waals surface area contributed by atoms with E-state index in [1.165, 1.54) is 11.5 Å². The molecule has 5 heteroatoms. The van der Waals surface area contributed by atoms with Gasteiger partial charge < -0.3 is 4.74 Å². The molecule has 1 aliphatic heterocycles. The third-order valence-corrected chi connectivity index (χ3v) is 8.56. The average molecular weight is 355 g/mol. The van der Waals surface area contributed by atoms with Gasteiger partial charge in [0.2, 0.25) is 0 Å². The van der Waals surface area contributed by atoms with Crippen molar-refractivity contribution < 1.29 is 14.3 Å². The summed E-state index contributed by atoms with van der Waals surface area (Å²) < 4.78 is 6.04. The number of ketones is 1. The van der Waals surface area contributed by atoms with Crippen molar-refractivity contribution >= 4 is 35.3 Å². The Balaban J connectivity index is 1.81. The number of hydrogen-bond acceptors (Lipinski definition) is 5. The number of hydrogen-bond donors (Lipinski definition) is 0. The van der Waals surface area contributed by atoms with Crippen LogP contribution in [0.4, 0.5) is 0 Å². The molecule has 0 amide bonds. The maximum absolute atomic E-state index is 12.4. The molecule has 2 aliphatic carbocycles. The van der Waals surface area contributed by atoms with E-state index in [0.717, 1.165) is 25.7 Å². The Kier molecular flexibility index (Phi) is 4.90. The largest absolute Gasteiger partial charge is 0.462 e. The van der Waals surface area contributed by atoms with Crippen LogP contribution in [-0.2, 0) is 14.3 Å². The topological polar surface area (TPSA) is 43.4 Å². The highest BCUT2D eigenvalue weighted by Gasteiger charge is 2.48. The summed E-state index contributed by atoms with van der Waals surface area (Å²) in [6.07, 6.45) is 7.34. The molecule has 0 aromatic heterocycles. The molecule has 3 aliphatic rings. The van der Waals surface area contributed by atoms with Crippen molar-refractivity contribution in [3.63, 3.8) is 0 Å². The van der Waals surface area contributed by atoms with Gasteiger partial charge in [-0.15, -0.1) is 23.5 Å². The first kappa shape index (κ1) is 17.4. The minimum Gasteiger partial charge on any atom is -0.462 e. The molecule has 0 unspecified atom stereocenters. The highest BCUT2D eigenvalue weighted by atomic mass is 32.2. The van der Waals surface area contributed by atoms with Crippen LogP contribution in [0.15, 0.2) is 12.2 Å². The fourth-order valence-corrected chi connectivity index (χ4v) is 7.06. The number of fused-ring (bicyclic) bond motifs is 1. The molecule has 3 nitrogen and oxygen atoms in total. The van der Waals surface area contributed by atoms with Crippen LogP contribution in [0.1, 0.15) is 46.5 Å². The first-order chi connectivity index (χ1) is 10.8. The Labute approximate surface area is 147 Å². The highest BCUT2D eigenvalue weighted by Crippen LogP contribution is 2.54. The molecule has 23 heavy (non-hydrogen) atoms. The van der Waals surface area contributed by atoms with Crippen molar-refractivity contribution in [2.45, 2.75) is 56.6 Å². The van der Waals surface area contributed by atoms with Crippen molar-refractivity contribution in [3.8, 4) is 0 Å². The lowest BCUT2D eigenvalue weighted by Gasteiger charge is -2.35. The molecule has 128 valence electrons. The van der Waals surface area contributed by atoms with Gasteiger partial charge in [0.15, 0.2) is 5.78 Å². The lowest BCUT2D eigenvalue weighted by atomic mass is 9.84. The van der Waals surface area contributed by atoms with Crippen LogP contribution in [0.5, 0.6) is 0 Å². The Hall–Kier alpha value is -0.420. The van der Waals surface area contributed by atoms with Crippen molar-refractivity contribution in [3.05, 3.63) is 12.2 Å². The number of esters is 1. The third-order valence-electron chi connectivity index (χ3n) is 5.06. The molecule has 0 N–H and O–H groups in total. The van der Waals surface area contributed by atoms with E-state index in [4.69, 9.17) is 4.74 Å². The fraction of sp³-hybridized carbons (Fsp3) is 0.778. The van der Waals surface area contributed by atoms with Crippen molar-refractivity contribution in [1.29, 1.82) is 0 Å². The van der Waals surface area contributed by atoms with Crippen LogP contribution in [0.2, 0.25) is 0 Å². The van der Waals surface area contributed by atoms with Gasteiger partial charge in [0.05, 0.1) is 9.49 Å². The summed E-state index contributed by atoms with van der Waals surface area (Å²) in [4.78, 5) is 24.8. The molecule has 0 bridgehead atoms. The minimum absolute atomic E-state index is 0.0305. The van der Waals surface area contributed by atoms with Crippen molar-refractivity contribution in [2.75, 3.05) is 11.5 Å². The molecule has 0 aromatic carbocycles. The van der Waals surface area contributed by atoms with Crippen LogP contribution in [0.25, 0.3) is 0 Å². The van der Waals surface area contributed by atoms with Gasteiger partial charge in [0.25, 0.3) is 0 Å². The smallest absolute Gasteiger partial charge is 0.311 e. The van der Waals surface area contributed by atoms with Crippen molar-refractivity contribution in [1.82, 2.24) is 0 Å². The second-order valence-electron chi connectivity index (χ2n) is 7.86. The third kappa shape index (κ3) is 3.65. The fourth-order valence-electron chi connectivity index (χ4n) is 3.77. The number of thioether (sulfide) groups is 2. The zero-order valence-electron chi connectivity index (χ0n) is 14.2. The summed E-state index contributed by atoms with van der Waals surface area (Å²) in [5, 5.41) is 0. The number of rotatable bonds is 1. The monoisotopic (exact) mass is 354 g/mol. The summed E-state index contributed by atoms with van der Waals surface area (Å²) in [7, 11) is 0. The van der Waals surface area contributed by atoms with E-state index in [1.807, 2.05) is 44.3 Å². The van der Waals surface area contributed by atoms with Crippen molar-refractivity contribution in [2.24, 2.45) is 17.3 Å². The van der Waals surface area contributed by atoms with E-state index in [-0.39, 0.29) is 33.8 Å². The Morgan fingerprint density at radius 1 is 1.26 bits per heavy atom. The molecular weight excluding hydrogens is 328 g/mol. The lowest BCUT2D eigenvalue weighted by molar-refractivity contribution is -0.161. The van der Waals surface area contributed by atoms with Gasteiger partial charge in [-0.2, -0.15) is 0 Å². The molecule has 1 heterocycles. The van der Waals surface area contributed by atoms with E-state index < -0.39 is 5.41 Å². The van der Waals surface area contributed by atoms with Gasteiger partial charge in [-0.25, -0.2) is 0 Å². The molecule has 3 rings (SSSR count). The Morgan fingerprint density at radius 3 is 2.61 bits per heavy atom. The van der Waals surface area contributed by atoms with Gasteiger partial charge in [-0.3, -0.25) is 9.59 Å². The number of carbonyl (C=O) groups is 2. The standard InChI is InChI=1S/C18H26O3S2/c1-17(2,3)16(20)21-15-7-6-12-13(15)11-18(22-9-10-23-18)8-4-5-14(12)19/h4-5,12-13,15H,6-11H2,1-3H3/b5-4-/t12-,13-,15+/m0/s1. The van der Waals surface area contributed by atoms with Gasteiger partial charge in [0, 0.05) is 23.3 Å². The second-order valence-corrected chi connectivity index (χ2v) is 11.1. The van der Waals surface area contributed by atoms with Crippen LogP contribution < -0.4 is 0 Å². The quantitative estimate of drug-likeness (QED) is 0.664. The molecule has 1 spiro atoms. The van der Waals surface area contributed by atoms with Gasteiger partial charge >= 0.3 is 5.97 Å². The Bertz CT molecular complexity index is 515. The van der Waals surface area contributed by atoms with Gasteiger partial charge in [-0.1, -0.05) is 6.08 Å². The van der Waals surface area contributed by atoms with E-state index >= 15 is 0 Å². The number of carbonyl (C=O) groups excluding carboxylic acids is 2. The maximum Gasteiger partial charge on any atom is 0.311 e. The van der Waals surface area contributed by atoms with E-state index in [0.29, 0.717) is 0 Å². The van der Waals surface area contributed by atoms with Crippen LogP contribution in [0, 0.1) is 17.3 Å². The zero-order chi connectivity index (χ0) is 16.7. The predicted molar refractivity (Wildman–Crippen MR) is 96.6 cm³/mol. The summed E-state index contributed by atoms with van der Waals surface area (Å²) in [6.45, 7) is 5.66. The molecular formula is C18H26O3S2. The first-order valence-corrected chi connectivity index (χ1v) is 10.5. The Morgan fingerprint density at radius 2 is 1.96 bits per heavy atom. The van der Waals surface area contributed by atoms with E-state index in [2.05, 4.69) is 6.08 Å². The number of allylic oxidation sites excluding steroid dienone is 2. The summed E-state index contributed by atoms with van der Waals surface area (Å²) in [6, 6.07) is 0. The molecule has 1 saturated heterocycles. The molecule has 0 aromatic rings. The molecule has 0 radical (unpaired) electrons. The predicted octanol–water partition coefficient (Wildman–Crippen LogP) is 4.07. The maximum atomic E-state index is 12.4. The van der Waals surface area contributed by atoms with Crippen LogP contribution in [0.3, 0.4) is 0 Å². The average Bonchev–Trinajstić information content (AvgIpc) is 3.05. The molecule has 1 saturated carbocycles. The first-order valence-electron chi connectivity index (χ1n) is 8.50. The minimum atomic E-state index is -0.488. The SMILES string of the molecule is CC(C)(C)C(=O)O[C@@H]1CC[C@@H]2C(=O)/C=C\CC3(C[C@@H]21)SCCS3. The molecule has 2 fully saturated rings. The number of ether oxygens (including phenoxy) is 1. The summed E-state index contributed by atoms with van der Waals surface area (Å²) >= 11 is 4.05. The van der Waals surface area contributed by atoms with E-state index in [1.54, 1.807) is 6.08 Å². The molecule has 3 atom stereocenters. The van der Waals surface area contributed by atoms with Gasteiger partial charge in [-0.05, 0) is 52.5 Å². The normalized spacial score (nSPS) is 34.7. The summed E-state index contributed by atoms with van der Waals surface area (Å²) in [5.74, 6) is 2.65. The van der Waals surface area contributed by atoms with Crippen LogP contribution >= 0.6 is 23.5 Å². The lowest BCUT2D eigenvalue weighted by Crippen LogP contribution is -2.37. The highest BCUT2D eigenvalue weighted by molar-refractivity contribution is 8.21. The van der Waals surface area contributed by atoms with Crippen LogP contribution in [-0.4, -0.2) is 33.4 Å². The van der Waals surface area contributed by atoms with Gasteiger partial charge in [0.1, 0.15) is 6.10 Å².